The summed E-state index contributed by atoms with van der Waals surface area (Å²) in [5.41, 5.74) is 0.941. The summed E-state index contributed by atoms with van der Waals surface area (Å²) in [4.78, 5) is 14.2. The molecule has 0 N–H and O–H groups in total. The average Bonchev–Trinajstić information content (AvgIpc) is 3.08. The standard InChI is InChI=1S/C18H30N2O3/c1-6-14(2)12-16-20(17(21)22-5)18(3,13-23-16)10-9-15-8-7-11-19(15)4/h7-8,11,14,16H,6,9-10,12-13H2,1-5H3. The topological polar surface area (TPSA) is 43.7 Å². The van der Waals surface area contributed by atoms with Crippen LogP contribution in [-0.2, 0) is 22.9 Å². The highest BCUT2D eigenvalue weighted by Crippen LogP contribution is 2.35. The molecule has 0 saturated carbocycles. The van der Waals surface area contributed by atoms with E-state index in [-0.39, 0.29) is 17.9 Å². The molecule has 0 radical (unpaired) electrons. The Bertz CT molecular complexity index is 528. The number of ether oxygens (including phenoxy) is 2. The van der Waals surface area contributed by atoms with Crippen LogP contribution in [0.1, 0.15) is 45.7 Å². The van der Waals surface area contributed by atoms with Crippen LogP contribution in [0.3, 0.4) is 0 Å². The monoisotopic (exact) mass is 322 g/mol. The molecule has 2 rings (SSSR count). The number of nitrogens with zero attached hydrogens (tertiary/aromatic N) is 2. The second kappa shape index (κ2) is 7.39. The molecule has 0 aromatic carbocycles. The van der Waals surface area contributed by atoms with E-state index < -0.39 is 0 Å². The smallest absolute Gasteiger partial charge is 0.412 e. The summed E-state index contributed by atoms with van der Waals surface area (Å²) in [5.74, 6) is 0.516. The molecule has 0 spiro atoms. The van der Waals surface area contributed by atoms with Crippen molar-refractivity contribution >= 4 is 6.09 Å². The van der Waals surface area contributed by atoms with Gasteiger partial charge in [0, 0.05) is 18.9 Å². The maximum Gasteiger partial charge on any atom is 0.412 e. The summed E-state index contributed by atoms with van der Waals surface area (Å²) in [6.07, 6.45) is 5.28. The van der Waals surface area contributed by atoms with Gasteiger partial charge in [0.05, 0.1) is 19.3 Å². The molecular weight excluding hydrogens is 292 g/mol. The second-order valence-electron chi connectivity index (χ2n) is 6.96. The Morgan fingerprint density at radius 2 is 2.30 bits per heavy atom. The Kier molecular flexibility index (Phi) is 5.74. The molecule has 0 aliphatic carbocycles. The summed E-state index contributed by atoms with van der Waals surface area (Å²) in [5, 5.41) is 0. The Morgan fingerprint density at radius 1 is 1.57 bits per heavy atom. The van der Waals surface area contributed by atoms with Crippen LogP contribution >= 0.6 is 0 Å². The van der Waals surface area contributed by atoms with Crippen LogP contribution in [0.5, 0.6) is 0 Å². The molecule has 2 heterocycles. The third-order valence-corrected chi connectivity index (χ3v) is 5.10. The van der Waals surface area contributed by atoms with Crippen LogP contribution in [0.4, 0.5) is 4.79 Å². The Hall–Kier alpha value is -1.49. The number of hydrogen-bond donors (Lipinski definition) is 0. The molecule has 1 fully saturated rings. The largest absolute Gasteiger partial charge is 0.453 e. The van der Waals surface area contributed by atoms with Crippen LogP contribution in [0.15, 0.2) is 18.3 Å². The van der Waals surface area contributed by atoms with Gasteiger partial charge in [-0.3, -0.25) is 4.90 Å². The number of methoxy groups -OCH3 is 1. The molecule has 1 aliphatic heterocycles. The van der Waals surface area contributed by atoms with Crippen molar-refractivity contribution in [2.45, 2.75) is 58.2 Å². The van der Waals surface area contributed by atoms with Gasteiger partial charge in [0.25, 0.3) is 0 Å². The third kappa shape index (κ3) is 3.89. The number of hydrogen-bond acceptors (Lipinski definition) is 3. The van der Waals surface area contributed by atoms with Crippen molar-refractivity contribution in [3.63, 3.8) is 0 Å². The van der Waals surface area contributed by atoms with E-state index in [4.69, 9.17) is 9.47 Å². The van der Waals surface area contributed by atoms with Crippen LogP contribution in [0, 0.1) is 5.92 Å². The normalized spacial score (nSPS) is 25.6. The minimum absolute atomic E-state index is 0.184. The first-order chi connectivity index (χ1) is 10.9. The highest BCUT2D eigenvalue weighted by atomic mass is 16.6. The first kappa shape index (κ1) is 17.9. The van der Waals surface area contributed by atoms with Crippen molar-refractivity contribution in [2.75, 3.05) is 13.7 Å². The molecule has 5 heteroatoms. The van der Waals surface area contributed by atoms with Gasteiger partial charge in [-0.25, -0.2) is 4.79 Å². The first-order valence-corrected chi connectivity index (χ1v) is 8.50. The van der Waals surface area contributed by atoms with Gasteiger partial charge in [0.2, 0.25) is 0 Å². The van der Waals surface area contributed by atoms with Crippen LogP contribution in [0.25, 0.3) is 0 Å². The molecule has 1 saturated heterocycles. The van der Waals surface area contributed by atoms with E-state index in [0.29, 0.717) is 12.5 Å². The molecule has 1 amide bonds. The highest BCUT2D eigenvalue weighted by Gasteiger charge is 2.47. The molecule has 1 aromatic heterocycles. The number of carbonyl (C=O) groups is 1. The maximum atomic E-state index is 12.4. The van der Waals surface area contributed by atoms with Gasteiger partial charge < -0.3 is 14.0 Å². The zero-order chi connectivity index (χ0) is 17.0. The lowest BCUT2D eigenvalue weighted by Crippen LogP contribution is -2.50. The lowest BCUT2D eigenvalue weighted by molar-refractivity contribution is 0.00671. The van der Waals surface area contributed by atoms with Crippen LogP contribution in [0.2, 0.25) is 0 Å². The van der Waals surface area contributed by atoms with E-state index in [9.17, 15) is 4.79 Å². The first-order valence-electron chi connectivity index (χ1n) is 8.50. The predicted molar refractivity (Wildman–Crippen MR) is 90.2 cm³/mol. The van der Waals surface area contributed by atoms with Gasteiger partial charge in [0.15, 0.2) is 0 Å². The number of aromatic nitrogens is 1. The fourth-order valence-electron chi connectivity index (χ4n) is 3.23. The molecule has 3 atom stereocenters. The lowest BCUT2D eigenvalue weighted by Gasteiger charge is -2.35. The third-order valence-electron chi connectivity index (χ3n) is 5.10. The molecular formula is C18H30N2O3. The number of carbonyl (C=O) groups excluding carboxylic acids is 1. The minimum atomic E-state index is -0.324. The number of rotatable bonds is 6. The molecule has 5 nitrogen and oxygen atoms in total. The SMILES string of the molecule is CCC(C)CC1OCC(C)(CCc2cccn2C)N1C(=O)OC. The second-order valence-corrected chi connectivity index (χ2v) is 6.96. The average molecular weight is 322 g/mol. The van der Waals surface area contributed by atoms with Gasteiger partial charge in [-0.1, -0.05) is 20.3 Å². The van der Waals surface area contributed by atoms with Crippen molar-refractivity contribution < 1.29 is 14.3 Å². The van der Waals surface area contributed by atoms with Crippen molar-refractivity contribution in [3.05, 3.63) is 24.0 Å². The van der Waals surface area contributed by atoms with E-state index >= 15 is 0 Å². The number of aryl methyl sites for hydroxylation is 2. The molecule has 1 aromatic rings. The van der Waals surface area contributed by atoms with Crippen molar-refractivity contribution in [1.29, 1.82) is 0 Å². The van der Waals surface area contributed by atoms with E-state index in [1.54, 1.807) is 0 Å². The number of amides is 1. The summed E-state index contributed by atoms with van der Waals surface area (Å²) in [7, 11) is 3.49. The molecule has 0 bridgehead atoms. The van der Waals surface area contributed by atoms with E-state index in [1.807, 2.05) is 24.2 Å². The Labute approximate surface area is 139 Å². The molecule has 1 aliphatic rings. The Balaban J connectivity index is 2.11. The van der Waals surface area contributed by atoms with Crippen molar-refractivity contribution in [3.8, 4) is 0 Å². The fourth-order valence-corrected chi connectivity index (χ4v) is 3.23. The zero-order valence-corrected chi connectivity index (χ0v) is 15.0. The summed E-state index contributed by atoms with van der Waals surface area (Å²) in [6.45, 7) is 7.02. The van der Waals surface area contributed by atoms with Gasteiger partial charge in [0.1, 0.15) is 6.23 Å². The van der Waals surface area contributed by atoms with E-state index in [0.717, 1.165) is 25.7 Å². The molecule has 3 unspecified atom stereocenters. The predicted octanol–water partition coefficient (Wildman–Crippen LogP) is 3.58. The summed E-state index contributed by atoms with van der Waals surface area (Å²) >= 11 is 0. The van der Waals surface area contributed by atoms with Gasteiger partial charge in [-0.2, -0.15) is 0 Å². The molecule has 130 valence electrons. The van der Waals surface area contributed by atoms with Crippen LogP contribution < -0.4 is 0 Å². The fraction of sp³-hybridized carbons (Fsp3) is 0.722. The van der Waals surface area contributed by atoms with Crippen molar-refractivity contribution in [2.24, 2.45) is 13.0 Å². The van der Waals surface area contributed by atoms with Crippen LogP contribution in [-0.4, -0.2) is 41.0 Å². The van der Waals surface area contributed by atoms with Gasteiger partial charge in [-0.15, -0.1) is 0 Å². The van der Waals surface area contributed by atoms with E-state index in [1.165, 1.54) is 12.8 Å². The van der Waals surface area contributed by atoms with E-state index in [2.05, 4.69) is 31.4 Å². The minimum Gasteiger partial charge on any atom is -0.453 e. The quantitative estimate of drug-likeness (QED) is 0.804. The van der Waals surface area contributed by atoms with Gasteiger partial charge in [-0.05, 0) is 44.2 Å². The summed E-state index contributed by atoms with van der Waals surface area (Å²) in [6, 6.07) is 4.17. The summed E-state index contributed by atoms with van der Waals surface area (Å²) < 4.78 is 13.2. The Morgan fingerprint density at radius 3 is 2.87 bits per heavy atom. The van der Waals surface area contributed by atoms with Gasteiger partial charge >= 0.3 is 6.09 Å². The molecule has 23 heavy (non-hydrogen) atoms. The highest BCUT2D eigenvalue weighted by molar-refractivity contribution is 5.69. The lowest BCUT2D eigenvalue weighted by atomic mass is 9.94. The maximum absolute atomic E-state index is 12.4. The van der Waals surface area contributed by atoms with Crippen molar-refractivity contribution in [1.82, 2.24) is 9.47 Å². The zero-order valence-electron chi connectivity index (χ0n) is 15.0.